The molecule has 0 amide bonds. The molecule has 3 heterocycles. The van der Waals surface area contributed by atoms with E-state index in [9.17, 15) is 10.5 Å². The molecule has 0 unspecified atom stereocenters. The first-order chi connectivity index (χ1) is 20.7. The monoisotopic (exact) mass is 538 g/mol. The van der Waals surface area contributed by atoms with E-state index in [0.717, 1.165) is 56.5 Å². The van der Waals surface area contributed by atoms with Crippen molar-refractivity contribution in [1.82, 2.24) is 9.97 Å². The van der Waals surface area contributed by atoms with E-state index in [1.165, 1.54) is 0 Å². The number of para-hydroxylation sites is 2. The maximum atomic E-state index is 9.52. The molecule has 5 nitrogen and oxygen atoms in total. The van der Waals surface area contributed by atoms with Gasteiger partial charge in [-0.3, -0.25) is 9.97 Å². The minimum absolute atomic E-state index is 0.574. The Morgan fingerprint density at radius 1 is 0.500 bits per heavy atom. The fourth-order valence-corrected chi connectivity index (χ4v) is 5.78. The fourth-order valence-electron chi connectivity index (χ4n) is 5.78. The van der Waals surface area contributed by atoms with Gasteiger partial charge in [-0.25, -0.2) is 0 Å². The Labute approximate surface area is 243 Å². The summed E-state index contributed by atoms with van der Waals surface area (Å²) in [6.07, 6.45) is 0. The smallest absolute Gasteiger partial charge is 0.132 e. The second-order valence-corrected chi connectivity index (χ2v) is 10.0. The van der Waals surface area contributed by atoms with Crippen molar-refractivity contribution in [1.29, 1.82) is 10.5 Å². The van der Waals surface area contributed by atoms with Gasteiger partial charge in [0.2, 0.25) is 0 Å². The van der Waals surface area contributed by atoms with Crippen LogP contribution >= 0.6 is 0 Å². The third kappa shape index (κ3) is 4.01. The number of benzene rings is 4. The van der Waals surface area contributed by atoms with Crippen molar-refractivity contribution in [2.45, 2.75) is 5.41 Å². The number of aromatic nitrogens is 2. The Balaban J connectivity index is 1.55. The minimum Gasteiger partial charge on any atom is -0.457 e. The van der Waals surface area contributed by atoms with Crippen LogP contribution in [-0.2, 0) is 5.41 Å². The van der Waals surface area contributed by atoms with Gasteiger partial charge in [0.1, 0.15) is 16.9 Å². The van der Waals surface area contributed by atoms with Crippen molar-refractivity contribution >= 4 is 0 Å². The van der Waals surface area contributed by atoms with Crippen molar-refractivity contribution in [2.24, 2.45) is 0 Å². The van der Waals surface area contributed by atoms with E-state index >= 15 is 0 Å². The Kier molecular flexibility index (Phi) is 6.05. The second-order valence-electron chi connectivity index (χ2n) is 10.0. The Hall–Kier alpha value is -6.04. The number of nitriles is 2. The molecule has 0 aliphatic carbocycles. The number of hydrogen-bond donors (Lipinski definition) is 0. The maximum Gasteiger partial charge on any atom is 0.132 e. The molecule has 5 heteroatoms. The molecule has 2 aromatic heterocycles. The van der Waals surface area contributed by atoms with Crippen molar-refractivity contribution in [2.75, 3.05) is 0 Å². The Morgan fingerprint density at radius 3 is 1.43 bits per heavy atom. The van der Waals surface area contributed by atoms with Crippen LogP contribution in [0.4, 0.5) is 0 Å². The number of ether oxygens (including phenoxy) is 1. The first-order valence-corrected chi connectivity index (χ1v) is 13.5. The topological polar surface area (TPSA) is 82.6 Å². The van der Waals surface area contributed by atoms with Crippen LogP contribution in [0.15, 0.2) is 133 Å². The SMILES string of the molecule is N#Cc1cccc(-c2cccc(C3(c4cccc(-c5cccc(C#N)c5)n4)c4ccccc4Oc4ccccc43)n2)c1. The summed E-state index contributed by atoms with van der Waals surface area (Å²) in [6, 6.07) is 47.4. The van der Waals surface area contributed by atoms with Crippen LogP contribution < -0.4 is 4.74 Å². The molecule has 0 spiro atoms. The van der Waals surface area contributed by atoms with Crippen LogP contribution in [0, 0.1) is 22.7 Å². The highest BCUT2D eigenvalue weighted by atomic mass is 16.5. The van der Waals surface area contributed by atoms with Crippen LogP contribution in [-0.4, -0.2) is 9.97 Å². The molecule has 0 saturated carbocycles. The van der Waals surface area contributed by atoms with E-state index in [1.54, 1.807) is 12.1 Å². The molecule has 0 N–H and O–H groups in total. The molecular formula is C37H22N4O. The van der Waals surface area contributed by atoms with E-state index in [4.69, 9.17) is 14.7 Å². The van der Waals surface area contributed by atoms with Crippen LogP contribution in [0.25, 0.3) is 22.5 Å². The predicted molar refractivity (Wildman–Crippen MR) is 161 cm³/mol. The van der Waals surface area contributed by atoms with Gasteiger partial charge in [0, 0.05) is 22.3 Å². The highest BCUT2D eigenvalue weighted by Gasteiger charge is 2.47. The number of fused-ring (bicyclic) bond motifs is 2. The summed E-state index contributed by atoms with van der Waals surface area (Å²) in [6.45, 7) is 0. The van der Waals surface area contributed by atoms with Crippen LogP contribution in [0.3, 0.4) is 0 Å². The minimum atomic E-state index is -0.920. The quantitative estimate of drug-likeness (QED) is 0.226. The van der Waals surface area contributed by atoms with Crippen LogP contribution in [0.1, 0.15) is 33.6 Å². The lowest BCUT2D eigenvalue weighted by Crippen LogP contribution is -2.36. The first-order valence-electron chi connectivity index (χ1n) is 13.5. The van der Waals surface area contributed by atoms with Crippen molar-refractivity contribution < 1.29 is 4.74 Å². The maximum absolute atomic E-state index is 9.52. The largest absolute Gasteiger partial charge is 0.457 e. The molecule has 7 rings (SSSR count). The molecule has 1 aliphatic heterocycles. The van der Waals surface area contributed by atoms with Crippen molar-refractivity contribution in [3.05, 3.63) is 167 Å². The normalized spacial score (nSPS) is 12.6. The van der Waals surface area contributed by atoms with Gasteiger partial charge < -0.3 is 4.74 Å². The van der Waals surface area contributed by atoms with Gasteiger partial charge in [0.15, 0.2) is 0 Å². The molecule has 0 bridgehead atoms. The van der Waals surface area contributed by atoms with E-state index in [1.807, 2.05) is 109 Å². The lowest BCUT2D eigenvalue weighted by Gasteiger charge is -2.39. The number of nitrogens with zero attached hydrogens (tertiary/aromatic N) is 4. The Bertz CT molecular complexity index is 1920. The van der Waals surface area contributed by atoms with E-state index in [-0.39, 0.29) is 0 Å². The summed E-state index contributed by atoms with van der Waals surface area (Å²) in [5.41, 5.74) is 6.86. The van der Waals surface area contributed by atoms with E-state index in [2.05, 4.69) is 24.3 Å². The molecular weight excluding hydrogens is 516 g/mol. The van der Waals surface area contributed by atoms with Gasteiger partial charge in [-0.1, -0.05) is 72.8 Å². The molecule has 4 aromatic carbocycles. The molecule has 6 aromatic rings. The Morgan fingerprint density at radius 2 is 0.952 bits per heavy atom. The zero-order valence-electron chi connectivity index (χ0n) is 22.4. The van der Waals surface area contributed by atoms with Crippen molar-refractivity contribution in [3.63, 3.8) is 0 Å². The van der Waals surface area contributed by atoms with Crippen LogP contribution in [0.5, 0.6) is 11.5 Å². The standard InChI is InChI=1S/C37H22N4O/c38-23-25-9-5-11-27(21-25)31-15-7-19-35(40-31)37(29-13-1-3-17-33(29)42-34-18-4-2-14-30(34)37)36-20-8-16-32(41-36)28-12-6-10-26(22-28)24-39/h1-22H. The fraction of sp³-hybridized carbons (Fsp3) is 0.0270. The third-order valence-corrected chi connectivity index (χ3v) is 7.64. The van der Waals surface area contributed by atoms with E-state index in [0.29, 0.717) is 11.1 Å². The molecule has 0 fully saturated rings. The highest BCUT2D eigenvalue weighted by Crippen LogP contribution is 2.54. The lowest BCUT2D eigenvalue weighted by molar-refractivity contribution is 0.430. The van der Waals surface area contributed by atoms with Gasteiger partial charge in [-0.15, -0.1) is 0 Å². The van der Waals surface area contributed by atoms with Gasteiger partial charge in [0.25, 0.3) is 0 Å². The molecule has 196 valence electrons. The molecule has 0 radical (unpaired) electrons. The third-order valence-electron chi connectivity index (χ3n) is 7.64. The molecule has 0 saturated heterocycles. The van der Waals surface area contributed by atoms with Crippen molar-refractivity contribution in [3.8, 4) is 46.2 Å². The summed E-state index contributed by atoms with van der Waals surface area (Å²) in [7, 11) is 0. The summed E-state index contributed by atoms with van der Waals surface area (Å²) in [5.74, 6) is 1.46. The zero-order chi connectivity index (χ0) is 28.5. The predicted octanol–water partition coefficient (Wildman–Crippen LogP) is 8.04. The lowest BCUT2D eigenvalue weighted by atomic mass is 9.67. The highest BCUT2D eigenvalue weighted by molar-refractivity contribution is 5.70. The average Bonchev–Trinajstić information content (AvgIpc) is 3.07. The molecule has 0 atom stereocenters. The second kappa shape index (κ2) is 10.2. The van der Waals surface area contributed by atoms with E-state index < -0.39 is 5.41 Å². The summed E-state index contributed by atoms with van der Waals surface area (Å²) < 4.78 is 6.44. The zero-order valence-corrected chi connectivity index (χ0v) is 22.4. The number of pyridine rings is 2. The first kappa shape index (κ1) is 25.0. The average molecular weight is 539 g/mol. The van der Waals surface area contributed by atoms with Gasteiger partial charge in [-0.2, -0.15) is 10.5 Å². The molecule has 42 heavy (non-hydrogen) atoms. The summed E-state index contributed by atoms with van der Waals surface area (Å²) >= 11 is 0. The number of rotatable bonds is 4. The summed E-state index contributed by atoms with van der Waals surface area (Å²) in [4.78, 5) is 10.5. The summed E-state index contributed by atoms with van der Waals surface area (Å²) in [5, 5.41) is 19.0. The van der Waals surface area contributed by atoms with Crippen LogP contribution in [0.2, 0.25) is 0 Å². The molecule has 1 aliphatic rings. The van der Waals surface area contributed by atoms with Gasteiger partial charge >= 0.3 is 0 Å². The number of hydrogen-bond acceptors (Lipinski definition) is 5. The van der Waals surface area contributed by atoms with Gasteiger partial charge in [0.05, 0.1) is 46.0 Å². The van der Waals surface area contributed by atoms with Gasteiger partial charge in [-0.05, 0) is 60.7 Å².